The second kappa shape index (κ2) is 6.59. The lowest BCUT2D eigenvalue weighted by molar-refractivity contribution is 0.0988. The molecule has 1 aromatic carbocycles. The number of carbonyl (C=O) groups is 1. The third kappa shape index (κ3) is 3.34. The number of rotatable bonds is 4. The van der Waals surface area contributed by atoms with Gasteiger partial charge in [-0.2, -0.15) is 0 Å². The summed E-state index contributed by atoms with van der Waals surface area (Å²) in [6.07, 6.45) is 1.49. The monoisotopic (exact) mass is 303 g/mol. The maximum Gasteiger partial charge on any atom is 0.259 e. The van der Waals surface area contributed by atoms with E-state index in [-0.39, 0.29) is 5.91 Å². The average Bonchev–Trinajstić information content (AvgIpc) is 2.48. The van der Waals surface area contributed by atoms with Crippen LogP contribution in [0.4, 0.5) is 11.5 Å². The highest BCUT2D eigenvalue weighted by Crippen LogP contribution is 2.23. The summed E-state index contributed by atoms with van der Waals surface area (Å²) < 4.78 is 0. The molecule has 0 spiro atoms. The van der Waals surface area contributed by atoms with Gasteiger partial charge in [0, 0.05) is 25.5 Å². The molecule has 0 atom stereocenters. The summed E-state index contributed by atoms with van der Waals surface area (Å²) in [4.78, 5) is 18.6. The molecule has 1 heterocycles. The molecular formula is C16H18ClN3O. The van der Waals surface area contributed by atoms with Gasteiger partial charge in [-0.1, -0.05) is 23.7 Å². The molecule has 0 radical (unpaired) electrons. The van der Waals surface area contributed by atoms with Crippen LogP contribution in [0, 0.1) is 6.92 Å². The summed E-state index contributed by atoms with van der Waals surface area (Å²) in [5.41, 5.74) is 2.41. The molecule has 21 heavy (non-hydrogen) atoms. The topological polar surface area (TPSA) is 45.2 Å². The highest BCUT2D eigenvalue weighted by Gasteiger charge is 2.19. The Bertz CT molecular complexity index is 658. The van der Waals surface area contributed by atoms with Crippen LogP contribution in [0.25, 0.3) is 0 Å². The number of anilines is 2. The van der Waals surface area contributed by atoms with Crippen molar-refractivity contribution in [1.29, 1.82) is 0 Å². The Hall–Kier alpha value is -2.07. The molecular weight excluding hydrogens is 286 g/mol. The van der Waals surface area contributed by atoms with Gasteiger partial charge in [-0.3, -0.25) is 4.79 Å². The first-order valence-corrected chi connectivity index (χ1v) is 7.16. The van der Waals surface area contributed by atoms with E-state index in [9.17, 15) is 4.79 Å². The Morgan fingerprint density at radius 1 is 1.38 bits per heavy atom. The lowest BCUT2D eigenvalue weighted by Crippen LogP contribution is -2.31. The largest absolute Gasteiger partial charge is 0.373 e. The van der Waals surface area contributed by atoms with Gasteiger partial charge in [-0.15, -0.1) is 0 Å². The summed E-state index contributed by atoms with van der Waals surface area (Å²) in [5.74, 6) is 0.482. The molecule has 110 valence electrons. The summed E-state index contributed by atoms with van der Waals surface area (Å²) in [5, 5.41) is 3.27. The normalized spacial score (nSPS) is 10.3. The number of nitrogens with one attached hydrogen (secondary N) is 1. The molecule has 1 N–H and O–H groups in total. The average molecular weight is 304 g/mol. The van der Waals surface area contributed by atoms with Crippen molar-refractivity contribution in [2.45, 2.75) is 13.8 Å². The Balaban J connectivity index is 2.41. The third-order valence-corrected chi connectivity index (χ3v) is 3.52. The van der Waals surface area contributed by atoms with E-state index >= 15 is 0 Å². The molecule has 0 aliphatic carbocycles. The van der Waals surface area contributed by atoms with Gasteiger partial charge in [0.05, 0.1) is 10.6 Å². The van der Waals surface area contributed by atoms with Crippen molar-refractivity contribution in [3.05, 3.63) is 52.7 Å². The van der Waals surface area contributed by atoms with E-state index in [1.165, 1.54) is 6.20 Å². The van der Waals surface area contributed by atoms with Gasteiger partial charge in [-0.05, 0) is 37.6 Å². The molecule has 0 saturated carbocycles. The molecule has 0 aliphatic rings. The number of hydrogen-bond acceptors (Lipinski definition) is 3. The maximum absolute atomic E-state index is 12.8. The van der Waals surface area contributed by atoms with Crippen LogP contribution in [0.1, 0.15) is 22.8 Å². The first kappa shape index (κ1) is 15.3. The maximum atomic E-state index is 12.8. The number of aromatic nitrogens is 1. The Labute approximate surface area is 129 Å². The molecule has 0 unspecified atom stereocenters. The molecule has 0 saturated heterocycles. The van der Waals surface area contributed by atoms with Crippen LogP contribution in [-0.4, -0.2) is 24.5 Å². The van der Waals surface area contributed by atoms with E-state index in [0.29, 0.717) is 22.9 Å². The number of hydrogen-bond donors (Lipinski definition) is 1. The van der Waals surface area contributed by atoms with Crippen LogP contribution >= 0.6 is 11.6 Å². The third-order valence-electron chi connectivity index (χ3n) is 3.22. The van der Waals surface area contributed by atoms with E-state index in [0.717, 1.165) is 11.3 Å². The minimum Gasteiger partial charge on any atom is -0.373 e. The second-order valence-corrected chi connectivity index (χ2v) is 5.10. The van der Waals surface area contributed by atoms with Gasteiger partial charge in [0.1, 0.15) is 5.82 Å². The number of nitrogens with zero attached hydrogens (tertiary/aromatic N) is 2. The first-order chi connectivity index (χ1) is 10.1. The number of aryl methyl sites for hydroxylation is 1. The van der Waals surface area contributed by atoms with Gasteiger partial charge >= 0.3 is 0 Å². The van der Waals surface area contributed by atoms with Gasteiger partial charge in [0.25, 0.3) is 5.91 Å². The number of amides is 1. The van der Waals surface area contributed by atoms with E-state index < -0.39 is 0 Å². The molecule has 0 aliphatic heterocycles. The summed E-state index contributed by atoms with van der Waals surface area (Å²) in [6, 6.07) is 9.51. The van der Waals surface area contributed by atoms with Crippen LogP contribution in [-0.2, 0) is 0 Å². The molecule has 4 nitrogen and oxygen atoms in total. The summed E-state index contributed by atoms with van der Waals surface area (Å²) in [6.45, 7) is 4.50. The Morgan fingerprint density at radius 2 is 2.14 bits per heavy atom. The quantitative estimate of drug-likeness (QED) is 0.935. The van der Waals surface area contributed by atoms with E-state index in [4.69, 9.17) is 11.6 Å². The van der Waals surface area contributed by atoms with Crippen molar-refractivity contribution >= 4 is 29.0 Å². The van der Waals surface area contributed by atoms with Crippen molar-refractivity contribution in [3.63, 3.8) is 0 Å². The number of halogens is 1. The van der Waals surface area contributed by atoms with Gasteiger partial charge in [-0.25, -0.2) is 4.98 Å². The van der Waals surface area contributed by atoms with E-state index in [2.05, 4.69) is 10.3 Å². The molecule has 0 bridgehead atoms. The van der Waals surface area contributed by atoms with Crippen molar-refractivity contribution in [3.8, 4) is 0 Å². The number of pyridine rings is 1. The summed E-state index contributed by atoms with van der Waals surface area (Å²) >= 11 is 6.13. The first-order valence-electron chi connectivity index (χ1n) is 6.78. The standard InChI is InChI=1S/C16H18ClN3O/c1-4-20(12-7-5-6-11(2)8-12)16(21)13-9-15(18-3)19-10-14(13)17/h5-10H,4H2,1-3H3,(H,18,19). The lowest BCUT2D eigenvalue weighted by atomic mass is 10.1. The SMILES string of the molecule is CCN(C(=O)c1cc(NC)ncc1Cl)c1cccc(C)c1. The molecule has 2 rings (SSSR count). The fourth-order valence-corrected chi connectivity index (χ4v) is 2.31. The zero-order chi connectivity index (χ0) is 15.4. The predicted octanol–water partition coefficient (Wildman–Crippen LogP) is 3.75. The lowest BCUT2D eigenvalue weighted by Gasteiger charge is -2.22. The van der Waals surface area contributed by atoms with Gasteiger partial charge in [0.15, 0.2) is 0 Å². The minimum absolute atomic E-state index is 0.132. The van der Waals surface area contributed by atoms with E-state index in [1.807, 2.05) is 38.1 Å². The van der Waals surface area contributed by atoms with Crippen molar-refractivity contribution < 1.29 is 4.79 Å². The highest BCUT2D eigenvalue weighted by atomic mass is 35.5. The smallest absolute Gasteiger partial charge is 0.259 e. The highest BCUT2D eigenvalue weighted by molar-refractivity contribution is 6.34. The number of benzene rings is 1. The predicted molar refractivity (Wildman–Crippen MR) is 87.3 cm³/mol. The molecule has 1 amide bonds. The van der Waals surface area contributed by atoms with E-state index in [1.54, 1.807) is 18.0 Å². The fourth-order valence-electron chi connectivity index (χ4n) is 2.12. The Kier molecular flexibility index (Phi) is 4.81. The molecule has 2 aromatic rings. The van der Waals surface area contributed by atoms with Crippen LogP contribution in [0.5, 0.6) is 0 Å². The van der Waals surface area contributed by atoms with Crippen molar-refractivity contribution in [1.82, 2.24) is 4.98 Å². The molecule has 0 fully saturated rings. The zero-order valence-corrected chi connectivity index (χ0v) is 13.1. The number of carbonyl (C=O) groups excluding carboxylic acids is 1. The van der Waals surface area contributed by atoms with Gasteiger partial charge in [0.2, 0.25) is 0 Å². The van der Waals surface area contributed by atoms with Gasteiger partial charge < -0.3 is 10.2 Å². The minimum atomic E-state index is -0.132. The molecule has 1 aromatic heterocycles. The fraction of sp³-hybridized carbons (Fsp3) is 0.250. The molecule has 5 heteroatoms. The van der Waals surface area contributed by atoms with Crippen LogP contribution in [0.15, 0.2) is 36.5 Å². The second-order valence-electron chi connectivity index (χ2n) is 4.69. The Morgan fingerprint density at radius 3 is 2.76 bits per heavy atom. The van der Waals surface area contributed by atoms with Crippen LogP contribution < -0.4 is 10.2 Å². The summed E-state index contributed by atoms with van der Waals surface area (Å²) in [7, 11) is 1.75. The van der Waals surface area contributed by atoms with Crippen LogP contribution in [0.2, 0.25) is 5.02 Å². The van der Waals surface area contributed by atoms with Crippen molar-refractivity contribution in [2.24, 2.45) is 0 Å². The van der Waals surface area contributed by atoms with Crippen molar-refractivity contribution in [2.75, 3.05) is 23.8 Å². The zero-order valence-electron chi connectivity index (χ0n) is 12.4. The van der Waals surface area contributed by atoms with Crippen LogP contribution in [0.3, 0.4) is 0 Å².